The second-order valence-electron chi connectivity index (χ2n) is 7.24. The van der Waals surface area contributed by atoms with Gasteiger partial charge in [0.15, 0.2) is 0 Å². The predicted octanol–water partition coefficient (Wildman–Crippen LogP) is 4.26. The Balaban J connectivity index is 1.84. The van der Waals surface area contributed by atoms with Crippen LogP contribution in [0.5, 0.6) is 0 Å². The minimum atomic E-state index is -4.42. The van der Waals surface area contributed by atoms with Crippen molar-refractivity contribution in [1.29, 1.82) is 0 Å². The number of carbonyl (C=O) groups is 1. The molecule has 1 unspecified atom stereocenters. The molecule has 0 saturated carbocycles. The molecule has 1 fully saturated rings. The maximum Gasteiger partial charge on any atom is 0.416 e. The molecule has 1 amide bonds. The number of nitrogens with zero attached hydrogens (tertiary/aromatic N) is 1. The van der Waals surface area contributed by atoms with E-state index in [1.165, 1.54) is 12.1 Å². The van der Waals surface area contributed by atoms with Gasteiger partial charge in [-0.15, -0.1) is 0 Å². The van der Waals surface area contributed by atoms with Crippen LogP contribution in [0.2, 0.25) is 0 Å². The van der Waals surface area contributed by atoms with Gasteiger partial charge in [-0.05, 0) is 48.7 Å². The van der Waals surface area contributed by atoms with Gasteiger partial charge in [0.25, 0.3) is 5.91 Å². The number of nitrogens with two attached hydrogens (primary N) is 1. The van der Waals surface area contributed by atoms with E-state index in [1.807, 2.05) is 6.92 Å². The maximum absolute atomic E-state index is 13.0. The summed E-state index contributed by atoms with van der Waals surface area (Å²) in [5.74, 6) is -0.151. The molecule has 1 heterocycles. The third kappa shape index (κ3) is 4.24. The number of likely N-dealkylation sites (tertiary alicyclic amines) is 1. The van der Waals surface area contributed by atoms with E-state index in [2.05, 4.69) is 5.32 Å². The lowest BCUT2D eigenvalue weighted by atomic mass is 9.90. The summed E-state index contributed by atoms with van der Waals surface area (Å²) in [5.41, 5.74) is 6.15. The maximum atomic E-state index is 13.0. The van der Waals surface area contributed by atoms with Gasteiger partial charge in [-0.2, -0.15) is 13.2 Å². The van der Waals surface area contributed by atoms with Gasteiger partial charge < -0.3 is 16.0 Å². The Morgan fingerprint density at radius 1 is 1.22 bits per heavy atom. The molecule has 3 rings (SSSR count). The van der Waals surface area contributed by atoms with E-state index in [4.69, 9.17) is 5.73 Å². The number of anilines is 2. The molecule has 1 aliphatic heterocycles. The minimum Gasteiger partial charge on any atom is -0.355 e. The number of hydrogen-bond acceptors (Lipinski definition) is 3. The summed E-state index contributed by atoms with van der Waals surface area (Å²) in [4.78, 5) is 14.7. The van der Waals surface area contributed by atoms with Crippen LogP contribution < -0.4 is 11.1 Å². The quantitative estimate of drug-likeness (QED) is 0.837. The van der Waals surface area contributed by atoms with Crippen molar-refractivity contribution >= 4 is 17.3 Å². The number of rotatable bonds is 4. The minimum absolute atomic E-state index is 0.0981. The monoisotopic (exact) mass is 377 g/mol. The fraction of sp³-hybridized carbons (Fsp3) is 0.350. The Kier molecular flexibility index (Phi) is 5.15. The molecule has 7 heteroatoms. The fourth-order valence-electron chi connectivity index (χ4n) is 3.24. The molecular formula is C20H22F3N3O. The molecule has 1 atom stereocenters. The van der Waals surface area contributed by atoms with Crippen LogP contribution in [0.25, 0.3) is 0 Å². The van der Waals surface area contributed by atoms with E-state index < -0.39 is 11.7 Å². The zero-order chi connectivity index (χ0) is 19.7. The van der Waals surface area contributed by atoms with Crippen LogP contribution in [-0.4, -0.2) is 30.4 Å². The van der Waals surface area contributed by atoms with Crippen molar-refractivity contribution in [3.63, 3.8) is 0 Å². The number of para-hydroxylation sites is 1. The van der Waals surface area contributed by atoms with E-state index in [1.54, 1.807) is 29.2 Å². The van der Waals surface area contributed by atoms with E-state index in [0.29, 0.717) is 30.9 Å². The van der Waals surface area contributed by atoms with Gasteiger partial charge in [0.1, 0.15) is 0 Å². The number of hydrogen-bond donors (Lipinski definition) is 2. The van der Waals surface area contributed by atoms with E-state index in [-0.39, 0.29) is 17.0 Å². The van der Waals surface area contributed by atoms with E-state index >= 15 is 0 Å². The zero-order valence-electron chi connectivity index (χ0n) is 15.0. The smallest absolute Gasteiger partial charge is 0.355 e. The summed E-state index contributed by atoms with van der Waals surface area (Å²) in [7, 11) is 0. The predicted molar refractivity (Wildman–Crippen MR) is 98.9 cm³/mol. The fourth-order valence-corrected chi connectivity index (χ4v) is 3.24. The molecule has 0 radical (unpaired) electrons. The molecule has 0 spiro atoms. The summed E-state index contributed by atoms with van der Waals surface area (Å²) < 4.78 is 38.8. The number of nitrogens with one attached hydrogen (secondary N) is 1. The second-order valence-corrected chi connectivity index (χ2v) is 7.24. The van der Waals surface area contributed by atoms with Gasteiger partial charge in [-0.1, -0.05) is 25.1 Å². The van der Waals surface area contributed by atoms with Crippen LogP contribution in [0.4, 0.5) is 24.5 Å². The van der Waals surface area contributed by atoms with Crippen molar-refractivity contribution in [2.45, 2.75) is 19.5 Å². The number of halogens is 3. The molecule has 2 aromatic rings. The second kappa shape index (κ2) is 7.23. The highest BCUT2D eigenvalue weighted by Gasteiger charge is 2.35. The number of alkyl halides is 3. The number of carbonyl (C=O) groups excluding carboxylic acids is 1. The molecule has 2 aromatic carbocycles. The Morgan fingerprint density at radius 2 is 1.96 bits per heavy atom. The third-order valence-electron chi connectivity index (χ3n) is 4.96. The van der Waals surface area contributed by atoms with Crippen LogP contribution in [-0.2, 0) is 6.18 Å². The first-order valence-corrected chi connectivity index (χ1v) is 8.74. The molecule has 27 heavy (non-hydrogen) atoms. The van der Waals surface area contributed by atoms with Crippen molar-refractivity contribution in [3.05, 3.63) is 59.7 Å². The third-order valence-corrected chi connectivity index (χ3v) is 4.96. The van der Waals surface area contributed by atoms with Crippen LogP contribution in [0.3, 0.4) is 0 Å². The van der Waals surface area contributed by atoms with Crippen molar-refractivity contribution in [2.75, 3.05) is 25.0 Å². The lowest BCUT2D eigenvalue weighted by Gasteiger charge is -2.23. The summed E-state index contributed by atoms with van der Waals surface area (Å²) in [6.07, 6.45) is -3.59. The number of amides is 1. The standard InChI is InChI=1S/C20H22F3N3O/c1-19(12-24)9-10-26(13-19)18(27)16-7-2-3-8-17(16)25-15-6-4-5-14(11-15)20(21,22)23/h2-8,11,25H,9-10,12-13,24H2,1H3. The average molecular weight is 377 g/mol. The molecule has 0 aliphatic carbocycles. The summed E-state index contributed by atoms with van der Waals surface area (Å²) in [6.45, 7) is 3.73. The summed E-state index contributed by atoms with van der Waals surface area (Å²) in [5, 5.41) is 2.95. The van der Waals surface area contributed by atoms with Crippen LogP contribution in [0.15, 0.2) is 48.5 Å². The van der Waals surface area contributed by atoms with Gasteiger partial charge in [0.05, 0.1) is 16.8 Å². The van der Waals surface area contributed by atoms with Gasteiger partial charge in [0, 0.05) is 18.8 Å². The normalized spacial score (nSPS) is 20.0. The van der Waals surface area contributed by atoms with E-state index in [0.717, 1.165) is 18.6 Å². The first-order chi connectivity index (χ1) is 12.7. The van der Waals surface area contributed by atoms with Gasteiger partial charge in [-0.25, -0.2) is 0 Å². The molecular weight excluding hydrogens is 355 g/mol. The summed E-state index contributed by atoms with van der Waals surface area (Å²) in [6, 6.07) is 11.8. The van der Waals surface area contributed by atoms with Crippen LogP contribution >= 0.6 is 0 Å². The van der Waals surface area contributed by atoms with Crippen molar-refractivity contribution in [1.82, 2.24) is 4.90 Å². The Bertz CT molecular complexity index is 837. The molecule has 144 valence electrons. The molecule has 1 aliphatic rings. The highest BCUT2D eigenvalue weighted by molar-refractivity contribution is 6.00. The Labute approximate surface area is 156 Å². The highest BCUT2D eigenvalue weighted by Crippen LogP contribution is 2.33. The van der Waals surface area contributed by atoms with Crippen molar-refractivity contribution in [3.8, 4) is 0 Å². The van der Waals surface area contributed by atoms with Gasteiger partial charge in [-0.3, -0.25) is 4.79 Å². The zero-order valence-corrected chi connectivity index (χ0v) is 15.0. The SMILES string of the molecule is CC1(CN)CCN(C(=O)c2ccccc2Nc2cccc(C(F)(F)F)c2)C1. The lowest BCUT2D eigenvalue weighted by Crippen LogP contribution is -2.34. The summed E-state index contributed by atoms with van der Waals surface area (Å²) >= 11 is 0. The molecule has 3 N–H and O–H groups in total. The Morgan fingerprint density at radius 3 is 2.63 bits per heavy atom. The molecule has 1 saturated heterocycles. The molecule has 4 nitrogen and oxygen atoms in total. The number of benzene rings is 2. The van der Waals surface area contributed by atoms with Gasteiger partial charge >= 0.3 is 6.18 Å². The average Bonchev–Trinajstić information content (AvgIpc) is 3.04. The van der Waals surface area contributed by atoms with Crippen LogP contribution in [0, 0.1) is 5.41 Å². The van der Waals surface area contributed by atoms with Crippen molar-refractivity contribution < 1.29 is 18.0 Å². The van der Waals surface area contributed by atoms with E-state index in [9.17, 15) is 18.0 Å². The first kappa shape index (κ1) is 19.2. The lowest BCUT2D eigenvalue weighted by molar-refractivity contribution is -0.137. The Hall–Kier alpha value is -2.54. The van der Waals surface area contributed by atoms with Gasteiger partial charge in [0.2, 0.25) is 0 Å². The topological polar surface area (TPSA) is 58.4 Å². The van der Waals surface area contributed by atoms with Crippen molar-refractivity contribution in [2.24, 2.45) is 11.1 Å². The highest BCUT2D eigenvalue weighted by atomic mass is 19.4. The molecule has 0 bridgehead atoms. The first-order valence-electron chi connectivity index (χ1n) is 8.74. The molecule has 0 aromatic heterocycles. The van der Waals surface area contributed by atoms with Crippen LogP contribution in [0.1, 0.15) is 29.3 Å². The largest absolute Gasteiger partial charge is 0.416 e.